The summed E-state index contributed by atoms with van der Waals surface area (Å²) in [6.07, 6.45) is 0. The minimum absolute atomic E-state index is 0.273. The third kappa shape index (κ3) is 1.25. The Morgan fingerprint density at radius 3 is 2.69 bits per heavy atom. The summed E-state index contributed by atoms with van der Waals surface area (Å²) in [6, 6.07) is 9.84. The molecular weight excluding hydrogens is 266 g/mol. The molecule has 16 heavy (non-hydrogen) atoms. The summed E-state index contributed by atoms with van der Waals surface area (Å²) < 4.78 is 0.752. The Labute approximate surface area is 101 Å². The Hall–Kier alpha value is -1.48. The number of benzene rings is 2. The standard InChI is InChI=1S/C13H10BrNO/c1-7-2-3-9-8(6-7)12-10(15-9)4-5-11(16)13(12)14/h2-6,15-16H,1H3. The molecule has 2 nitrogen and oxygen atoms in total. The smallest absolute Gasteiger partial charge is 0.130 e. The lowest BCUT2D eigenvalue weighted by Crippen LogP contribution is -1.73. The molecule has 0 spiro atoms. The monoisotopic (exact) mass is 275 g/mol. The summed E-state index contributed by atoms with van der Waals surface area (Å²) in [5, 5.41) is 11.9. The fourth-order valence-corrected chi connectivity index (χ4v) is 2.61. The van der Waals surface area contributed by atoms with Crippen LogP contribution >= 0.6 is 15.9 Å². The first-order valence-electron chi connectivity index (χ1n) is 5.06. The summed E-state index contributed by atoms with van der Waals surface area (Å²) in [4.78, 5) is 3.33. The molecule has 3 heteroatoms. The number of hydrogen-bond donors (Lipinski definition) is 2. The van der Waals surface area contributed by atoms with Crippen molar-refractivity contribution in [1.29, 1.82) is 0 Å². The van der Waals surface area contributed by atoms with Gasteiger partial charge in [-0.05, 0) is 47.1 Å². The summed E-state index contributed by atoms with van der Waals surface area (Å²) >= 11 is 3.44. The summed E-state index contributed by atoms with van der Waals surface area (Å²) in [6.45, 7) is 2.06. The fraction of sp³-hybridized carbons (Fsp3) is 0.0769. The Balaban J connectivity index is 2.60. The van der Waals surface area contributed by atoms with Gasteiger partial charge in [-0.1, -0.05) is 11.6 Å². The van der Waals surface area contributed by atoms with Gasteiger partial charge in [-0.2, -0.15) is 0 Å². The summed E-state index contributed by atoms with van der Waals surface area (Å²) in [5.74, 6) is 0.273. The van der Waals surface area contributed by atoms with Gasteiger partial charge in [0.05, 0.1) is 4.47 Å². The second-order valence-corrected chi connectivity index (χ2v) is 4.79. The molecule has 3 rings (SSSR count). The van der Waals surface area contributed by atoms with Crippen LogP contribution in [0.15, 0.2) is 34.8 Å². The van der Waals surface area contributed by atoms with E-state index in [1.807, 2.05) is 6.07 Å². The van der Waals surface area contributed by atoms with Crippen LogP contribution in [0.3, 0.4) is 0 Å². The summed E-state index contributed by atoms with van der Waals surface area (Å²) in [5.41, 5.74) is 3.33. The third-order valence-electron chi connectivity index (χ3n) is 2.84. The highest BCUT2D eigenvalue weighted by molar-refractivity contribution is 9.10. The zero-order valence-electron chi connectivity index (χ0n) is 8.71. The Morgan fingerprint density at radius 2 is 1.88 bits per heavy atom. The maximum Gasteiger partial charge on any atom is 0.130 e. The van der Waals surface area contributed by atoms with Gasteiger partial charge < -0.3 is 10.1 Å². The largest absolute Gasteiger partial charge is 0.507 e. The molecule has 0 fully saturated rings. The average molecular weight is 276 g/mol. The van der Waals surface area contributed by atoms with Crippen LogP contribution in [0.5, 0.6) is 5.75 Å². The molecule has 0 aliphatic carbocycles. The van der Waals surface area contributed by atoms with Crippen LogP contribution in [0, 0.1) is 6.92 Å². The molecule has 0 atom stereocenters. The molecule has 80 valence electrons. The van der Waals surface area contributed by atoms with Crippen molar-refractivity contribution in [2.24, 2.45) is 0 Å². The Bertz CT molecular complexity index is 700. The Morgan fingerprint density at radius 1 is 1.12 bits per heavy atom. The molecule has 0 radical (unpaired) electrons. The quantitative estimate of drug-likeness (QED) is 0.637. The van der Waals surface area contributed by atoms with Crippen LogP contribution in [0.2, 0.25) is 0 Å². The lowest BCUT2D eigenvalue weighted by Gasteiger charge is -1.99. The van der Waals surface area contributed by atoms with Gasteiger partial charge in [0.25, 0.3) is 0 Å². The van der Waals surface area contributed by atoms with Crippen molar-refractivity contribution in [3.05, 3.63) is 40.4 Å². The first-order chi connectivity index (χ1) is 7.66. The number of nitrogens with one attached hydrogen (secondary N) is 1. The molecule has 0 aliphatic heterocycles. The van der Waals surface area contributed by atoms with Crippen LogP contribution in [0.25, 0.3) is 21.8 Å². The van der Waals surface area contributed by atoms with Crippen molar-refractivity contribution in [2.75, 3.05) is 0 Å². The van der Waals surface area contributed by atoms with Gasteiger partial charge in [0.2, 0.25) is 0 Å². The molecule has 1 heterocycles. The molecule has 0 saturated carbocycles. The van der Waals surface area contributed by atoms with Gasteiger partial charge in [-0.15, -0.1) is 0 Å². The van der Waals surface area contributed by atoms with Crippen molar-refractivity contribution < 1.29 is 5.11 Å². The van der Waals surface area contributed by atoms with Gasteiger partial charge in [-0.25, -0.2) is 0 Å². The van der Waals surface area contributed by atoms with Crippen molar-refractivity contribution >= 4 is 37.7 Å². The molecule has 3 aromatic rings. The lowest BCUT2D eigenvalue weighted by atomic mass is 10.1. The van der Waals surface area contributed by atoms with E-state index in [4.69, 9.17) is 0 Å². The number of phenols is 1. The molecule has 0 amide bonds. The van der Waals surface area contributed by atoms with E-state index in [1.165, 1.54) is 5.56 Å². The number of aromatic amines is 1. The van der Waals surface area contributed by atoms with E-state index in [9.17, 15) is 5.11 Å². The van der Waals surface area contributed by atoms with E-state index in [0.717, 1.165) is 26.3 Å². The van der Waals surface area contributed by atoms with E-state index in [0.29, 0.717) is 0 Å². The zero-order chi connectivity index (χ0) is 11.3. The lowest BCUT2D eigenvalue weighted by molar-refractivity contribution is 0.473. The summed E-state index contributed by atoms with van der Waals surface area (Å²) in [7, 11) is 0. The van der Waals surface area contributed by atoms with E-state index < -0.39 is 0 Å². The highest BCUT2D eigenvalue weighted by Crippen LogP contribution is 2.37. The van der Waals surface area contributed by atoms with Gasteiger partial charge >= 0.3 is 0 Å². The number of halogens is 1. The number of aromatic nitrogens is 1. The SMILES string of the molecule is Cc1ccc2[nH]c3ccc(O)c(Br)c3c2c1. The van der Waals surface area contributed by atoms with Crippen LogP contribution in [0.1, 0.15) is 5.56 Å². The number of hydrogen-bond acceptors (Lipinski definition) is 1. The second-order valence-electron chi connectivity index (χ2n) is 4.00. The minimum atomic E-state index is 0.273. The number of H-pyrrole nitrogens is 1. The predicted octanol–water partition coefficient (Wildman–Crippen LogP) is 4.10. The van der Waals surface area contributed by atoms with Gasteiger partial charge in [0.15, 0.2) is 0 Å². The number of rotatable bonds is 0. The third-order valence-corrected chi connectivity index (χ3v) is 3.64. The van der Waals surface area contributed by atoms with Gasteiger partial charge in [0, 0.05) is 21.8 Å². The molecule has 2 aromatic carbocycles. The fourth-order valence-electron chi connectivity index (χ4n) is 2.05. The van der Waals surface area contributed by atoms with Crippen molar-refractivity contribution in [3.8, 4) is 5.75 Å². The van der Waals surface area contributed by atoms with E-state index in [2.05, 4.69) is 46.0 Å². The highest BCUT2D eigenvalue weighted by atomic mass is 79.9. The maximum atomic E-state index is 9.70. The van der Waals surface area contributed by atoms with Crippen LogP contribution in [-0.2, 0) is 0 Å². The highest BCUT2D eigenvalue weighted by Gasteiger charge is 2.10. The number of fused-ring (bicyclic) bond motifs is 3. The maximum absolute atomic E-state index is 9.70. The number of aryl methyl sites for hydroxylation is 1. The van der Waals surface area contributed by atoms with Gasteiger partial charge in [-0.3, -0.25) is 0 Å². The normalized spacial score (nSPS) is 11.4. The van der Waals surface area contributed by atoms with E-state index >= 15 is 0 Å². The van der Waals surface area contributed by atoms with Crippen molar-refractivity contribution in [1.82, 2.24) is 4.98 Å². The topological polar surface area (TPSA) is 36.0 Å². The molecule has 0 saturated heterocycles. The minimum Gasteiger partial charge on any atom is -0.507 e. The predicted molar refractivity (Wildman–Crippen MR) is 69.9 cm³/mol. The van der Waals surface area contributed by atoms with E-state index in [-0.39, 0.29) is 5.75 Å². The molecular formula is C13H10BrNO. The molecule has 0 unspecified atom stereocenters. The molecule has 1 aromatic heterocycles. The Kier molecular flexibility index (Phi) is 1.98. The first-order valence-corrected chi connectivity index (χ1v) is 5.85. The van der Waals surface area contributed by atoms with Crippen molar-refractivity contribution in [2.45, 2.75) is 6.92 Å². The molecule has 0 aliphatic rings. The molecule has 0 bridgehead atoms. The van der Waals surface area contributed by atoms with Gasteiger partial charge in [0.1, 0.15) is 5.75 Å². The average Bonchev–Trinajstić information content (AvgIpc) is 2.62. The van der Waals surface area contributed by atoms with Crippen LogP contribution in [0.4, 0.5) is 0 Å². The van der Waals surface area contributed by atoms with Crippen LogP contribution < -0.4 is 0 Å². The zero-order valence-corrected chi connectivity index (χ0v) is 10.3. The second kappa shape index (κ2) is 3.25. The molecule has 2 N–H and O–H groups in total. The first kappa shape index (κ1) is 9.73. The van der Waals surface area contributed by atoms with Crippen LogP contribution in [-0.4, -0.2) is 10.1 Å². The number of phenolic OH excluding ortho intramolecular Hbond substituents is 1. The van der Waals surface area contributed by atoms with E-state index in [1.54, 1.807) is 6.07 Å². The number of aromatic hydroxyl groups is 1. The van der Waals surface area contributed by atoms with Crippen molar-refractivity contribution in [3.63, 3.8) is 0 Å².